The Balaban J connectivity index is 2.41. The third-order valence-corrected chi connectivity index (χ3v) is 3.52. The maximum absolute atomic E-state index is 11.8. The Morgan fingerprint density at radius 1 is 1.00 bits per heavy atom. The molecule has 22 heavy (non-hydrogen) atoms. The molecule has 0 saturated carbocycles. The second-order valence-electron chi connectivity index (χ2n) is 5.27. The first kappa shape index (κ1) is 17.9. The summed E-state index contributed by atoms with van der Waals surface area (Å²) >= 11 is 0. The third-order valence-electron chi connectivity index (χ3n) is 3.52. The van der Waals surface area contributed by atoms with Crippen LogP contribution in [-0.4, -0.2) is 17.5 Å². The number of hydrogen-bond donors (Lipinski definition) is 2. The lowest BCUT2D eigenvalue weighted by Crippen LogP contribution is -2.21. The van der Waals surface area contributed by atoms with Gasteiger partial charge in [0, 0.05) is 24.2 Å². The van der Waals surface area contributed by atoms with Gasteiger partial charge in [-0.1, -0.05) is 19.9 Å². The van der Waals surface area contributed by atoms with Crippen LogP contribution in [-0.2, 0) is 9.59 Å². The second kappa shape index (κ2) is 8.97. The average Bonchev–Trinajstić information content (AvgIpc) is 2.50. The van der Waals surface area contributed by atoms with Crippen LogP contribution in [0.25, 0.3) is 0 Å². The number of carbonyl (C=O) groups is 2. The Morgan fingerprint density at radius 3 is 2.23 bits per heavy atom. The average molecular weight is 303 g/mol. The van der Waals surface area contributed by atoms with Crippen LogP contribution in [0.1, 0.15) is 50.7 Å². The molecule has 0 bridgehead atoms. The van der Waals surface area contributed by atoms with Crippen LogP contribution >= 0.6 is 0 Å². The van der Waals surface area contributed by atoms with Gasteiger partial charge >= 0.3 is 0 Å². The summed E-state index contributed by atoms with van der Waals surface area (Å²) in [5, 5.41) is 6.83. The fourth-order valence-corrected chi connectivity index (χ4v) is 1.88. The maximum Gasteiger partial charge on any atom is 0.240 e. The fraction of sp³-hybridized carbons (Fsp3) is 0.471. The van der Waals surface area contributed by atoms with Crippen LogP contribution in [0.15, 0.2) is 23.3 Å². The first-order chi connectivity index (χ1) is 10.5. The van der Waals surface area contributed by atoms with Crippen molar-refractivity contribution in [1.82, 2.24) is 5.43 Å². The van der Waals surface area contributed by atoms with E-state index in [1.54, 1.807) is 0 Å². The molecular weight excluding hydrogens is 278 g/mol. The molecule has 0 aliphatic rings. The van der Waals surface area contributed by atoms with Crippen LogP contribution in [0.3, 0.4) is 0 Å². The highest BCUT2D eigenvalue weighted by Crippen LogP contribution is 2.14. The number of anilines is 1. The highest BCUT2D eigenvalue weighted by atomic mass is 16.2. The van der Waals surface area contributed by atoms with Crippen molar-refractivity contribution < 1.29 is 9.59 Å². The molecule has 0 aliphatic carbocycles. The summed E-state index contributed by atoms with van der Waals surface area (Å²) in [6.07, 6.45) is 1.89. The lowest BCUT2D eigenvalue weighted by Gasteiger charge is -2.07. The Hall–Kier alpha value is -2.17. The van der Waals surface area contributed by atoms with Crippen molar-refractivity contribution in [3.8, 4) is 0 Å². The molecule has 2 amide bonds. The van der Waals surface area contributed by atoms with E-state index in [1.807, 2.05) is 45.9 Å². The van der Waals surface area contributed by atoms with E-state index in [1.165, 1.54) is 5.56 Å². The van der Waals surface area contributed by atoms with Gasteiger partial charge in [-0.05, 0) is 49.9 Å². The van der Waals surface area contributed by atoms with Gasteiger partial charge in [0.05, 0.1) is 0 Å². The summed E-state index contributed by atoms with van der Waals surface area (Å²) in [5.41, 5.74) is 6.48. The molecule has 0 atom stereocenters. The van der Waals surface area contributed by atoms with E-state index in [2.05, 4.69) is 15.8 Å². The van der Waals surface area contributed by atoms with Crippen molar-refractivity contribution in [2.75, 3.05) is 5.32 Å². The molecule has 1 aromatic rings. The molecule has 0 radical (unpaired) electrons. The van der Waals surface area contributed by atoms with Gasteiger partial charge in [-0.25, -0.2) is 5.43 Å². The molecular formula is C17H25N3O2. The van der Waals surface area contributed by atoms with E-state index in [0.29, 0.717) is 0 Å². The zero-order valence-electron chi connectivity index (χ0n) is 13.8. The molecule has 0 aromatic heterocycles. The highest BCUT2D eigenvalue weighted by molar-refractivity contribution is 5.93. The Kier molecular flexibility index (Phi) is 7.29. The van der Waals surface area contributed by atoms with Crippen molar-refractivity contribution in [1.29, 1.82) is 0 Å². The summed E-state index contributed by atoms with van der Waals surface area (Å²) in [6.45, 7) is 8.00. The van der Waals surface area contributed by atoms with E-state index >= 15 is 0 Å². The largest absolute Gasteiger partial charge is 0.326 e. The summed E-state index contributed by atoms with van der Waals surface area (Å²) < 4.78 is 0. The predicted octanol–water partition coefficient (Wildman–Crippen LogP) is 3.31. The Morgan fingerprint density at radius 2 is 1.64 bits per heavy atom. The van der Waals surface area contributed by atoms with Gasteiger partial charge in [0.15, 0.2) is 0 Å². The molecule has 0 spiro atoms. The predicted molar refractivity (Wildman–Crippen MR) is 89.9 cm³/mol. The van der Waals surface area contributed by atoms with E-state index < -0.39 is 0 Å². The summed E-state index contributed by atoms with van der Waals surface area (Å²) in [7, 11) is 0. The number of nitrogens with zero attached hydrogens (tertiary/aromatic N) is 1. The number of aryl methyl sites for hydroxylation is 2. The van der Waals surface area contributed by atoms with Crippen LogP contribution in [0.5, 0.6) is 0 Å². The van der Waals surface area contributed by atoms with E-state index in [4.69, 9.17) is 0 Å². The molecule has 5 heteroatoms. The molecule has 0 heterocycles. The van der Waals surface area contributed by atoms with Crippen LogP contribution in [0.4, 0.5) is 5.69 Å². The lowest BCUT2D eigenvalue weighted by molar-refractivity contribution is -0.124. The van der Waals surface area contributed by atoms with Crippen LogP contribution < -0.4 is 10.7 Å². The van der Waals surface area contributed by atoms with Crippen molar-refractivity contribution in [3.05, 3.63) is 29.3 Å². The minimum Gasteiger partial charge on any atom is -0.326 e. The maximum atomic E-state index is 11.8. The van der Waals surface area contributed by atoms with Crippen molar-refractivity contribution in [2.24, 2.45) is 5.10 Å². The SMILES string of the molecule is CCC(CC)=NNC(=O)CCC(=O)Nc1ccc(C)c(C)c1. The monoisotopic (exact) mass is 303 g/mol. The number of benzene rings is 1. The summed E-state index contributed by atoms with van der Waals surface area (Å²) in [5.74, 6) is -0.414. The van der Waals surface area contributed by atoms with Crippen molar-refractivity contribution in [3.63, 3.8) is 0 Å². The fourth-order valence-electron chi connectivity index (χ4n) is 1.88. The molecule has 0 fully saturated rings. The third kappa shape index (κ3) is 6.08. The number of hydrogen-bond acceptors (Lipinski definition) is 3. The van der Waals surface area contributed by atoms with Gasteiger partial charge < -0.3 is 5.32 Å². The quantitative estimate of drug-likeness (QED) is 0.599. The molecule has 5 nitrogen and oxygen atoms in total. The number of hydrazone groups is 1. The highest BCUT2D eigenvalue weighted by Gasteiger charge is 2.07. The molecule has 1 aromatic carbocycles. The molecule has 120 valence electrons. The molecule has 0 saturated heterocycles. The van der Waals surface area contributed by atoms with E-state index in [-0.39, 0.29) is 24.7 Å². The molecule has 2 N–H and O–H groups in total. The number of rotatable bonds is 7. The van der Waals surface area contributed by atoms with Gasteiger partial charge in [-0.3, -0.25) is 9.59 Å². The number of nitrogens with one attached hydrogen (secondary N) is 2. The van der Waals surface area contributed by atoms with Crippen LogP contribution in [0.2, 0.25) is 0 Å². The van der Waals surface area contributed by atoms with E-state index in [9.17, 15) is 9.59 Å². The molecule has 0 unspecified atom stereocenters. The lowest BCUT2D eigenvalue weighted by atomic mass is 10.1. The van der Waals surface area contributed by atoms with Crippen molar-refractivity contribution >= 4 is 23.2 Å². The Labute approximate surface area is 132 Å². The zero-order valence-corrected chi connectivity index (χ0v) is 13.8. The van der Waals surface area contributed by atoms with Crippen LogP contribution in [0, 0.1) is 13.8 Å². The summed E-state index contributed by atoms with van der Waals surface area (Å²) in [4.78, 5) is 23.5. The van der Waals surface area contributed by atoms with Gasteiger partial charge in [-0.15, -0.1) is 0 Å². The van der Waals surface area contributed by atoms with Gasteiger partial charge in [0.2, 0.25) is 11.8 Å². The number of amides is 2. The van der Waals surface area contributed by atoms with E-state index in [0.717, 1.165) is 29.8 Å². The molecule has 0 aliphatic heterocycles. The number of carbonyl (C=O) groups excluding carboxylic acids is 2. The second-order valence-corrected chi connectivity index (χ2v) is 5.27. The topological polar surface area (TPSA) is 70.6 Å². The Bertz CT molecular complexity index is 559. The minimum absolute atomic E-state index is 0.126. The van der Waals surface area contributed by atoms with Gasteiger partial charge in [-0.2, -0.15) is 5.10 Å². The molecule has 1 rings (SSSR count). The minimum atomic E-state index is -0.241. The smallest absolute Gasteiger partial charge is 0.240 e. The normalized spacial score (nSPS) is 10.0. The standard InChI is InChI=1S/C17H25N3O2/c1-5-14(6-2)19-20-17(22)10-9-16(21)18-15-8-7-12(3)13(4)11-15/h7-8,11H,5-6,9-10H2,1-4H3,(H,18,21)(H,20,22). The van der Waals surface area contributed by atoms with Gasteiger partial charge in [0.25, 0.3) is 0 Å². The summed E-state index contributed by atoms with van der Waals surface area (Å²) in [6, 6.07) is 5.75. The van der Waals surface area contributed by atoms with Gasteiger partial charge in [0.1, 0.15) is 0 Å². The zero-order chi connectivity index (χ0) is 16.5. The first-order valence-corrected chi connectivity index (χ1v) is 7.67. The first-order valence-electron chi connectivity index (χ1n) is 7.67. The van der Waals surface area contributed by atoms with Crippen molar-refractivity contribution in [2.45, 2.75) is 53.4 Å².